The summed E-state index contributed by atoms with van der Waals surface area (Å²) < 4.78 is 75.5. The van der Waals surface area contributed by atoms with Crippen molar-refractivity contribution in [1.29, 1.82) is 0 Å². The number of methoxy groups -OCH3 is 2. The van der Waals surface area contributed by atoms with E-state index in [2.05, 4.69) is 10.0 Å². The summed E-state index contributed by atoms with van der Waals surface area (Å²) in [7, 11) is -1.41. The topological polar surface area (TPSA) is 93.7 Å². The summed E-state index contributed by atoms with van der Waals surface area (Å²) in [6.45, 7) is -0.337. The number of carbonyl (C=O) groups excluding carboxylic acids is 1. The van der Waals surface area contributed by atoms with Gasteiger partial charge in [0.15, 0.2) is 0 Å². The summed E-state index contributed by atoms with van der Waals surface area (Å²) in [4.78, 5) is 11.5. The maximum atomic E-state index is 12.9. The molecule has 0 fully saturated rings. The number of rotatable bonds is 8. The van der Waals surface area contributed by atoms with Crippen molar-refractivity contribution in [1.82, 2.24) is 4.72 Å². The number of amides is 1. The molecule has 1 amide bonds. The van der Waals surface area contributed by atoms with Crippen LogP contribution in [-0.2, 0) is 21.0 Å². The van der Waals surface area contributed by atoms with Gasteiger partial charge in [0.2, 0.25) is 15.9 Å². The van der Waals surface area contributed by atoms with E-state index in [1.54, 1.807) is 18.2 Å². The van der Waals surface area contributed by atoms with Crippen LogP contribution in [0.5, 0.6) is 11.5 Å². The fourth-order valence-corrected chi connectivity index (χ4v) is 3.67. The Bertz CT molecular complexity index is 1030. The number of sulfonamides is 1. The Labute approximate surface area is 176 Å². The normalized spacial score (nSPS) is 11.8. The highest BCUT2D eigenvalue weighted by Gasteiger charge is 2.34. The van der Waals surface area contributed by atoms with Crippen LogP contribution in [0.4, 0.5) is 18.9 Å². The first kappa shape index (κ1) is 23.8. The second-order valence-electron chi connectivity index (χ2n) is 5.90. The molecule has 7 nitrogen and oxygen atoms in total. The largest absolute Gasteiger partial charge is 0.497 e. The van der Waals surface area contributed by atoms with Crippen molar-refractivity contribution < 1.29 is 35.9 Å². The highest BCUT2D eigenvalue weighted by atomic mass is 35.5. The van der Waals surface area contributed by atoms with Gasteiger partial charge in [-0.05, 0) is 30.3 Å². The quantitative estimate of drug-likeness (QED) is 0.619. The minimum absolute atomic E-state index is 0.270. The third-order valence-electron chi connectivity index (χ3n) is 3.88. The Morgan fingerprint density at radius 3 is 2.40 bits per heavy atom. The van der Waals surface area contributed by atoms with Gasteiger partial charge in [0, 0.05) is 19.0 Å². The molecule has 0 bridgehead atoms. The van der Waals surface area contributed by atoms with Crippen molar-refractivity contribution in [2.24, 2.45) is 0 Å². The van der Waals surface area contributed by atoms with Gasteiger partial charge >= 0.3 is 6.18 Å². The van der Waals surface area contributed by atoms with Gasteiger partial charge in [0.25, 0.3) is 0 Å². The van der Waals surface area contributed by atoms with Gasteiger partial charge in [-0.2, -0.15) is 13.2 Å². The number of anilines is 1. The van der Waals surface area contributed by atoms with Gasteiger partial charge < -0.3 is 14.8 Å². The molecule has 2 N–H and O–H groups in total. The highest BCUT2D eigenvalue weighted by molar-refractivity contribution is 7.89. The molecular weight excluding hydrogens is 449 g/mol. The van der Waals surface area contributed by atoms with E-state index in [1.807, 2.05) is 0 Å². The van der Waals surface area contributed by atoms with Crippen molar-refractivity contribution in [3.63, 3.8) is 0 Å². The van der Waals surface area contributed by atoms with Crippen LogP contribution in [0, 0.1) is 0 Å². The van der Waals surface area contributed by atoms with Crippen LogP contribution in [-0.4, -0.2) is 35.1 Å². The lowest BCUT2D eigenvalue weighted by molar-refractivity contribution is -0.137. The minimum Gasteiger partial charge on any atom is -0.497 e. The van der Waals surface area contributed by atoms with Gasteiger partial charge in [-0.25, -0.2) is 13.1 Å². The maximum absolute atomic E-state index is 12.9. The number of hydrogen-bond donors (Lipinski definition) is 2. The predicted octanol–water partition coefficient (Wildman–Crippen LogP) is 3.68. The lowest BCUT2D eigenvalue weighted by Crippen LogP contribution is -2.28. The van der Waals surface area contributed by atoms with E-state index >= 15 is 0 Å². The van der Waals surface area contributed by atoms with E-state index in [-0.39, 0.29) is 13.0 Å². The minimum atomic E-state index is -4.81. The number of halogens is 4. The standard InChI is InChI=1S/C18H18ClF3N2O5S/c1-28-11-3-6-15(16(9-11)29-2)24-17(25)7-8-23-30(26,27)12-4-5-14(19)13(10-12)18(20,21)22/h3-6,9-10,23H,7-8H2,1-2H3,(H,24,25). The van der Waals surface area contributed by atoms with E-state index in [0.717, 1.165) is 12.1 Å². The molecule has 0 unspecified atom stereocenters. The zero-order valence-electron chi connectivity index (χ0n) is 15.8. The SMILES string of the molecule is COc1ccc(NC(=O)CCNS(=O)(=O)c2ccc(Cl)c(C(F)(F)F)c2)c(OC)c1. The monoisotopic (exact) mass is 466 g/mol. The first-order valence-corrected chi connectivity index (χ1v) is 10.2. The Morgan fingerprint density at radius 2 is 1.80 bits per heavy atom. The van der Waals surface area contributed by atoms with Gasteiger partial charge in [-0.15, -0.1) is 0 Å². The number of alkyl halides is 3. The summed E-state index contributed by atoms with van der Waals surface area (Å²) in [6, 6.07) is 6.93. The van der Waals surface area contributed by atoms with E-state index in [4.69, 9.17) is 21.1 Å². The summed E-state index contributed by atoms with van der Waals surface area (Å²) in [5.41, 5.74) is -0.921. The molecule has 2 rings (SSSR count). The molecule has 0 aliphatic heterocycles. The van der Waals surface area contributed by atoms with Gasteiger partial charge in [0.05, 0.1) is 35.4 Å². The molecule has 0 atom stereocenters. The zero-order valence-corrected chi connectivity index (χ0v) is 17.4. The molecule has 2 aromatic rings. The van der Waals surface area contributed by atoms with Crippen molar-refractivity contribution >= 4 is 33.2 Å². The Hall–Kier alpha value is -2.50. The van der Waals surface area contributed by atoms with Gasteiger partial charge in [0.1, 0.15) is 11.5 Å². The van der Waals surface area contributed by atoms with Crippen LogP contribution in [0.2, 0.25) is 5.02 Å². The molecule has 0 saturated heterocycles. The molecule has 0 spiro atoms. The zero-order chi connectivity index (χ0) is 22.5. The number of nitrogens with one attached hydrogen (secondary N) is 2. The number of ether oxygens (including phenoxy) is 2. The smallest absolute Gasteiger partial charge is 0.417 e. The average molecular weight is 467 g/mol. The summed E-state index contributed by atoms with van der Waals surface area (Å²) in [6.07, 6.45) is -5.08. The van der Waals surface area contributed by atoms with E-state index in [9.17, 15) is 26.4 Å². The Balaban J connectivity index is 2.02. The number of carbonyl (C=O) groups is 1. The second kappa shape index (κ2) is 9.54. The van der Waals surface area contributed by atoms with Crippen LogP contribution in [0.1, 0.15) is 12.0 Å². The Kier molecular flexibility index (Phi) is 7.56. The molecule has 30 heavy (non-hydrogen) atoms. The van der Waals surface area contributed by atoms with Crippen LogP contribution in [0.15, 0.2) is 41.3 Å². The molecule has 0 heterocycles. The van der Waals surface area contributed by atoms with E-state index in [1.165, 1.54) is 14.2 Å². The first-order valence-electron chi connectivity index (χ1n) is 8.36. The summed E-state index contributed by atoms with van der Waals surface area (Å²) >= 11 is 5.49. The van der Waals surface area contributed by atoms with Crippen molar-refractivity contribution in [3.05, 3.63) is 47.0 Å². The molecule has 0 saturated carbocycles. The van der Waals surface area contributed by atoms with Crippen LogP contribution in [0.25, 0.3) is 0 Å². The average Bonchev–Trinajstić information content (AvgIpc) is 2.67. The fraction of sp³-hybridized carbons (Fsp3) is 0.278. The lowest BCUT2D eigenvalue weighted by atomic mass is 10.2. The van der Waals surface area contributed by atoms with Gasteiger partial charge in [-0.1, -0.05) is 11.6 Å². The fourth-order valence-electron chi connectivity index (χ4n) is 2.39. The van der Waals surface area contributed by atoms with Crippen LogP contribution < -0.4 is 19.5 Å². The molecule has 164 valence electrons. The van der Waals surface area contributed by atoms with Crippen molar-refractivity contribution in [2.45, 2.75) is 17.5 Å². The van der Waals surface area contributed by atoms with Gasteiger partial charge in [-0.3, -0.25) is 4.79 Å². The molecule has 0 aliphatic carbocycles. The summed E-state index contributed by atoms with van der Waals surface area (Å²) in [5, 5.41) is 1.94. The van der Waals surface area contributed by atoms with E-state index < -0.39 is 37.6 Å². The molecule has 0 aromatic heterocycles. The number of hydrogen-bond acceptors (Lipinski definition) is 5. The third-order valence-corrected chi connectivity index (χ3v) is 5.67. The molecule has 0 aliphatic rings. The van der Waals surface area contributed by atoms with E-state index in [0.29, 0.717) is 23.3 Å². The lowest BCUT2D eigenvalue weighted by Gasteiger charge is -2.13. The predicted molar refractivity (Wildman–Crippen MR) is 104 cm³/mol. The molecule has 2 aromatic carbocycles. The second-order valence-corrected chi connectivity index (χ2v) is 8.08. The maximum Gasteiger partial charge on any atom is 0.417 e. The first-order chi connectivity index (χ1) is 14.0. The van der Waals surface area contributed by atoms with Crippen molar-refractivity contribution in [3.8, 4) is 11.5 Å². The number of benzene rings is 2. The highest BCUT2D eigenvalue weighted by Crippen LogP contribution is 2.36. The third kappa shape index (κ3) is 6.00. The molecular formula is C18H18ClF3N2O5S. The van der Waals surface area contributed by atoms with Crippen LogP contribution >= 0.6 is 11.6 Å². The molecule has 0 radical (unpaired) electrons. The Morgan fingerprint density at radius 1 is 1.10 bits per heavy atom. The van der Waals surface area contributed by atoms with Crippen LogP contribution in [0.3, 0.4) is 0 Å². The molecule has 12 heteroatoms. The van der Waals surface area contributed by atoms with Crippen molar-refractivity contribution in [2.75, 3.05) is 26.1 Å². The summed E-state index contributed by atoms with van der Waals surface area (Å²) in [5.74, 6) is 0.316.